The maximum absolute atomic E-state index is 5.89. The lowest BCUT2D eigenvalue weighted by atomic mass is 10.1. The standard InChI is InChI=1S/C9H10ClN3/c1-5(11)6-3-2-4-7-8(6)12-13-9(7)10/h2-5H,11H2,1H3,(H,12,13). The van der Waals surface area contributed by atoms with Crippen molar-refractivity contribution in [1.82, 2.24) is 10.2 Å². The zero-order chi connectivity index (χ0) is 9.42. The van der Waals surface area contributed by atoms with Crippen LogP contribution in [0.4, 0.5) is 0 Å². The van der Waals surface area contributed by atoms with Gasteiger partial charge in [0.25, 0.3) is 0 Å². The van der Waals surface area contributed by atoms with E-state index >= 15 is 0 Å². The fraction of sp³-hybridized carbons (Fsp3) is 0.222. The van der Waals surface area contributed by atoms with Crippen LogP contribution in [0.2, 0.25) is 5.15 Å². The number of nitrogens with two attached hydrogens (primary N) is 1. The first-order chi connectivity index (χ1) is 6.20. The SMILES string of the molecule is CC(N)c1cccc2c(Cl)[nH]nc12. The van der Waals surface area contributed by atoms with Gasteiger partial charge in [-0.15, -0.1) is 0 Å². The summed E-state index contributed by atoms with van der Waals surface area (Å²) in [5, 5.41) is 8.33. The van der Waals surface area contributed by atoms with Gasteiger partial charge >= 0.3 is 0 Å². The van der Waals surface area contributed by atoms with Gasteiger partial charge in [0.05, 0.1) is 5.52 Å². The van der Waals surface area contributed by atoms with Crippen molar-refractivity contribution in [3.05, 3.63) is 28.9 Å². The van der Waals surface area contributed by atoms with Crippen molar-refractivity contribution in [1.29, 1.82) is 0 Å². The van der Waals surface area contributed by atoms with Gasteiger partial charge in [0.15, 0.2) is 0 Å². The highest BCUT2D eigenvalue weighted by atomic mass is 35.5. The highest BCUT2D eigenvalue weighted by Crippen LogP contribution is 2.25. The van der Waals surface area contributed by atoms with Crippen molar-refractivity contribution in [2.75, 3.05) is 0 Å². The molecule has 2 rings (SSSR count). The average molecular weight is 196 g/mol. The molecule has 0 fully saturated rings. The summed E-state index contributed by atoms with van der Waals surface area (Å²) in [6.45, 7) is 1.93. The lowest BCUT2D eigenvalue weighted by Crippen LogP contribution is -2.05. The Bertz CT molecular complexity index is 433. The molecule has 1 aromatic carbocycles. The molecule has 0 bridgehead atoms. The molecule has 1 atom stereocenters. The summed E-state index contributed by atoms with van der Waals surface area (Å²) in [5.41, 5.74) is 7.67. The van der Waals surface area contributed by atoms with Crippen molar-refractivity contribution >= 4 is 22.5 Å². The van der Waals surface area contributed by atoms with E-state index < -0.39 is 0 Å². The van der Waals surface area contributed by atoms with E-state index in [1.54, 1.807) is 0 Å². The number of nitrogens with one attached hydrogen (secondary N) is 1. The predicted octanol–water partition coefficient (Wildman–Crippen LogP) is 2.24. The summed E-state index contributed by atoms with van der Waals surface area (Å²) in [7, 11) is 0. The van der Waals surface area contributed by atoms with Gasteiger partial charge < -0.3 is 5.73 Å². The second-order valence-electron chi connectivity index (χ2n) is 3.07. The van der Waals surface area contributed by atoms with Crippen LogP contribution in [0.5, 0.6) is 0 Å². The lowest BCUT2D eigenvalue weighted by Gasteiger charge is -2.04. The van der Waals surface area contributed by atoms with Crippen LogP contribution in [0.1, 0.15) is 18.5 Å². The summed E-state index contributed by atoms with van der Waals surface area (Å²) in [4.78, 5) is 0. The van der Waals surface area contributed by atoms with Gasteiger partial charge in [-0.05, 0) is 18.6 Å². The van der Waals surface area contributed by atoms with Crippen LogP contribution in [-0.4, -0.2) is 10.2 Å². The number of fused-ring (bicyclic) bond motifs is 1. The van der Waals surface area contributed by atoms with E-state index in [-0.39, 0.29) is 6.04 Å². The topological polar surface area (TPSA) is 54.7 Å². The number of rotatable bonds is 1. The average Bonchev–Trinajstić information content (AvgIpc) is 2.48. The van der Waals surface area contributed by atoms with Gasteiger partial charge in [-0.3, -0.25) is 5.10 Å². The third kappa shape index (κ3) is 1.30. The molecule has 0 saturated carbocycles. The maximum Gasteiger partial charge on any atom is 0.132 e. The fourth-order valence-corrected chi connectivity index (χ4v) is 1.59. The minimum Gasteiger partial charge on any atom is -0.324 e. The Morgan fingerprint density at radius 3 is 3.00 bits per heavy atom. The van der Waals surface area contributed by atoms with E-state index in [0.717, 1.165) is 16.5 Å². The second-order valence-corrected chi connectivity index (χ2v) is 3.45. The summed E-state index contributed by atoms with van der Waals surface area (Å²) in [6, 6.07) is 5.79. The molecule has 4 heteroatoms. The molecule has 0 radical (unpaired) electrons. The number of benzene rings is 1. The Kier molecular flexibility index (Phi) is 1.98. The molecule has 0 aliphatic carbocycles. The number of hydrogen-bond acceptors (Lipinski definition) is 2. The smallest absolute Gasteiger partial charge is 0.132 e. The van der Waals surface area contributed by atoms with Gasteiger partial charge in [-0.2, -0.15) is 5.10 Å². The van der Waals surface area contributed by atoms with Crippen LogP contribution in [-0.2, 0) is 0 Å². The third-order valence-electron chi connectivity index (χ3n) is 2.06. The molecular formula is C9H10ClN3. The fourth-order valence-electron chi connectivity index (χ4n) is 1.40. The molecule has 0 spiro atoms. The minimum absolute atomic E-state index is 0.0249. The van der Waals surface area contributed by atoms with Crippen LogP contribution in [0.15, 0.2) is 18.2 Å². The normalized spacial score (nSPS) is 13.5. The quantitative estimate of drug-likeness (QED) is 0.733. The Labute approximate surface area is 80.9 Å². The highest BCUT2D eigenvalue weighted by molar-refractivity contribution is 6.34. The summed E-state index contributed by atoms with van der Waals surface area (Å²) in [5.74, 6) is 0. The first-order valence-corrected chi connectivity index (χ1v) is 4.46. The van der Waals surface area contributed by atoms with Crippen molar-refractivity contribution in [2.24, 2.45) is 5.73 Å². The number of aromatic amines is 1. The number of para-hydroxylation sites is 1. The van der Waals surface area contributed by atoms with Crippen molar-refractivity contribution in [3.8, 4) is 0 Å². The molecule has 1 heterocycles. The molecule has 1 unspecified atom stereocenters. The van der Waals surface area contributed by atoms with Gasteiger partial charge in [-0.1, -0.05) is 23.7 Å². The van der Waals surface area contributed by atoms with E-state index in [1.807, 2.05) is 25.1 Å². The Morgan fingerprint density at radius 2 is 2.31 bits per heavy atom. The summed E-state index contributed by atoms with van der Waals surface area (Å²) >= 11 is 5.89. The first kappa shape index (κ1) is 8.53. The Hall–Kier alpha value is -1.06. The van der Waals surface area contributed by atoms with E-state index in [1.165, 1.54) is 0 Å². The first-order valence-electron chi connectivity index (χ1n) is 4.08. The molecule has 68 valence electrons. The molecule has 3 nitrogen and oxygen atoms in total. The Morgan fingerprint density at radius 1 is 1.54 bits per heavy atom. The number of hydrogen-bond donors (Lipinski definition) is 2. The molecule has 1 aromatic heterocycles. The molecule has 0 saturated heterocycles. The van der Waals surface area contributed by atoms with E-state index in [9.17, 15) is 0 Å². The van der Waals surface area contributed by atoms with Crippen LogP contribution < -0.4 is 5.73 Å². The van der Waals surface area contributed by atoms with E-state index in [4.69, 9.17) is 17.3 Å². The second kappa shape index (κ2) is 3.01. The van der Waals surface area contributed by atoms with Crippen LogP contribution >= 0.6 is 11.6 Å². The molecule has 0 aliphatic heterocycles. The number of halogens is 1. The Balaban J connectivity index is 2.77. The molecule has 0 amide bonds. The zero-order valence-corrected chi connectivity index (χ0v) is 7.97. The van der Waals surface area contributed by atoms with Crippen molar-refractivity contribution in [3.63, 3.8) is 0 Å². The number of aromatic nitrogens is 2. The van der Waals surface area contributed by atoms with E-state index in [2.05, 4.69) is 10.2 Å². The number of H-pyrrole nitrogens is 1. The third-order valence-corrected chi connectivity index (χ3v) is 2.35. The lowest BCUT2D eigenvalue weighted by molar-refractivity contribution is 0.823. The van der Waals surface area contributed by atoms with Crippen LogP contribution in [0.3, 0.4) is 0 Å². The molecular weight excluding hydrogens is 186 g/mol. The van der Waals surface area contributed by atoms with E-state index in [0.29, 0.717) is 5.15 Å². The highest BCUT2D eigenvalue weighted by Gasteiger charge is 2.09. The van der Waals surface area contributed by atoms with Crippen LogP contribution in [0.25, 0.3) is 10.9 Å². The monoisotopic (exact) mass is 195 g/mol. The zero-order valence-electron chi connectivity index (χ0n) is 7.21. The molecule has 13 heavy (non-hydrogen) atoms. The van der Waals surface area contributed by atoms with Crippen molar-refractivity contribution < 1.29 is 0 Å². The largest absolute Gasteiger partial charge is 0.324 e. The van der Waals surface area contributed by atoms with Gasteiger partial charge in [0.2, 0.25) is 0 Å². The molecule has 3 N–H and O–H groups in total. The van der Waals surface area contributed by atoms with Gasteiger partial charge in [0.1, 0.15) is 5.15 Å². The molecule has 0 aliphatic rings. The maximum atomic E-state index is 5.89. The predicted molar refractivity (Wildman–Crippen MR) is 53.7 cm³/mol. The summed E-state index contributed by atoms with van der Waals surface area (Å²) < 4.78 is 0. The molecule has 2 aromatic rings. The van der Waals surface area contributed by atoms with Gasteiger partial charge in [-0.25, -0.2) is 0 Å². The van der Waals surface area contributed by atoms with Crippen LogP contribution in [0, 0.1) is 0 Å². The number of nitrogens with zero attached hydrogens (tertiary/aromatic N) is 1. The summed E-state index contributed by atoms with van der Waals surface area (Å²) in [6.07, 6.45) is 0. The van der Waals surface area contributed by atoms with Crippen molar-refractivity contribution in [2.45, 2.75) is 13.0 Å². The minimum atomic E-state index is -0.0249. The van der Waals surface area contributed by atoms with Gasteiger partial charge in [0, 0.05) is 11.4 Å².